The van der Waals surface area contributed by atoms with Crippen LogP contribution in [0.25, 0.3) is 0 Å². The van der Waals surface area contributed by atoms with Gasteiger partial charge in [0.1, 0.15) is 6.67 Å². The topological polar surface area (TPSA) is 77.2 Å². The maximum absolute atomic E-state index is 12.7. The highest BCUT2D eigenvalue weighted by molar-refractivity contribution is 9.10. The van der Waals surface area contributed by atoms with Gasteiger partial charge in [-0.2, -0.15) is 10.2 Å². The van der Waals surface area contributed by atoms with Gasteiger partial charge in [-0.25, -0.2) is 4.68 Å². The number of carbonyl (C=O) groups is 1. The molecule has 9 heteroatoms. The van der Waals surface area contributed by atoms with E-state index < -0.39 is 0 Å². The Bertz CT molecular complexity index is 1040. The third-order valence-electron chi connectivity index (χ3n) is 5.14. The molecule has 8 nitrogen and oxygen atoms in total. The number of rotatable bonds is 6. The molecule has 4 rings (SSSR count). The number of ether oxygens (including phenoxy) is 1. The summed E-state index contributed by atoms with van der Waals surface area (Å²) in [6, 6.07) is 9.66. The lowest BCUT2D eigenvalue weighted by atomic mass is 10.2. The summed E-state index contributed by atoms with van der Waals surface area (Å²) in [6.07, 6.45) is 1.79. The molecule has 0 saturated carbocycles. The zero-order valence-electron chi connectivity index (χ0n) is 17.1. The molecule has 30 heavy (non-hydrogen) atoms. The van der Waals surface area contributed by atoms with Crippen molar-refractivity contribution in [3.63, 3.8) is 0 Å². The predicted molar refractivity (Wildman–Crippen MR) is 118 cm³/mol. The van der Waals surface area contributed by atoms with Gasteiger partial charge < -0.3 is 10.1 Å². The van der Waals surface area contributed by atoms with Crippen LogP contribution in [0.1, 0.15) is 27.4 Å². The van der Waals surface area contributed by atoms with Gasteiger partial charge in [0.15, 0.2) is 5.69 Å². The molecule has 3 aromatic rings. The molecular formula is C21H25BrN6O2. The van der Waals surface area contributed by atoms with Crippen molar-refractivity contribution < 1.29 is 9.53 Å². The summed E-state index contributed by atoms with van der Waals surface area (Å²) in [7, 11) is 0. The van der Waals surface area contributed by atoms with Crippen LogP contribution in [0, 0.1) is 13.8 Å². The fraction of sp³-hybridized carbons (Fsp3) is 0.381. The maximum atomic E-state index is 12.7. The lowest BCUT2D eigenvalue weighted by molar-refractivity contribution is 0.0342. The molecule has 1 amide bonds. The second-order valence-electron chi connectivity index (χ2n) is 7.41. The lowest BCUT2D eigenvalue weighted by Gasteiger charge is -2.26. The molecule has 2 aromatic heterocycles. The van der Waals surface area contributed by atoms with Crippen molar-refractivity contribution in [1.82, 2.24) is 24.5 Å². The average Bonchev–Trinajstić information content (AvgIpc) is 3.30. The van der Waals surface area contributed by atoms with Crippen molar-refractivity contribution in [2.24, 2.45) is 0 Å². The average molecular weight is 473 g/mol. The van der Waals surface area contributed by atoms with E-state index >= 15 is 0 Å². The van der Waals surface area contributed by atoms with Gasteiger partial charge in [-0.15, -0.1) is 0 Å². The molecule has 0 spiro atoms. The van der Waals surface area contributed by atoms with Crippen LogP contribution in [-0.2, 0) is 18.0 Å². The maximum Gasteiger partial charge on any atom is 0.276 e. The minimum atomic E-state index is -0.230. The van der Waals surface area contributed by atoms with Gasteiger partial charge in [-0.3, -0.25) is 14.4 Å². The van der Waals surface area contributed by atoms with Gasteiger partial charge in [0, 0.05) is 31.5 Å². The summed E-state index contributed by atoms with van der Waals surface area (Å²) in [5.74, 6) is -0.230. The molecule has 0 radical (unpaired) electrons. The Labute approximate surface area is 183 Å². The number of amides is 1. The molecule has 1 aliphatic heterocycles. The first-order chi connectivity index (χ1) is 14.5. The molecule has 1 aromatic carbocycles. The number of nitrogens with zero attached hydrogens (tertiary/aromatic N) is 5. The van der Waals surface area contributed by atoms with E-state index in [2.05, 4.69) is 42.4 Å². The second-order valence-corrected chi connectivity index (χ2v) is 8.20. The fourth-order valence-electron chi connectivity index (χ4n) is 3.47. The van der Waals surface area contributed by atoms with Crippen LogP contribution < -0.4 is 5.32 Å². The van der Waals surface area contributed by atoms with Gasteiger partial charge in [0.05, 0.1) is 29.1 Å². The van der Waals surface area contributed by atoms with Crippen LogP contribution in [-0.4, -0.2) is 56.7 Å². The molecule has 0 atom stereocenters. The Morgan fingerprint density at radius 2 is 2.00 bits per heavy atom. The molecule has 0 unspecified atom stereocenters. The summed E-state index contributed by atoms with van der Waals surface area (Å²) >= 11 is 3.53. The zero-order chi connectivity index (χ0) is 21.1. The summed E-state index contributed by atoms with van der Waals surface area (Å²) in [4.78, 5) is 15.0. The van der Waals surface area contributed by atoms with E-state index in [0.717, 1.165) is 60.0 Å². The molecule has 1 saturated heterocycles. The number of hydrogen-bond acceptors (Lipinski definition) is 5. The van der Waals surface area contributed by atoms with Crippen LogP contribution in [0.5, 0.6) is 0 Å². The zero-order valence-corrected chi connectivity index (χ0v) is 18.7. The van der Waals surface area contributed by atoms with Gasteiger partial charge in [0.2, 0.25) is 0 Å². The molecular weight excluding hydrogens is 448 g/mol. The van der Waals surface area contributed by atoms with E-state index in [1.807, 2.05) is 36.7 Å². The number of aromatic nitrogens is 4. The van der Waals surface area contributed by atoms with E-state index in [1.54, 1.807) is 16.9 Å². The largest absolute Gasteiger partial charge is 0.379 e. The number of carbonyl (C=O) groups excluding carboxylic acids is 1. The highest BCUT2D eigenvalue weighted by Crippen LogP contribution is 2.20. The molecule has 0 bridgehead atoms. The minimum absolute atomic E-state index is 0.230. The Balaban J connectivity index is 1.39. The van der Waals surface area contributed by atoms with Crippen LogP contribution in [0.2, 0.25) is 0 Å². The normalized spacial score (nSPS) is 14.8. The Hall–Kier alpha value is -2.49. The third-order valence-corrected chi connectivity index (χ3v) is 6.29. The van der Waals surface area contributed by atoms with Crippen LogP contribution in [0.15, 0.2) is 41.0 Å². The predicted octanol–water partition coefficient (Wildman–Crippen LogP) is 3.05. The van der Waals surface area contributed by atoms with Gasteiger partial charge in [0.25, 0.3) is 5.91 Å². The number of nitrogens with one attached hydrogen (secondary N) is 1. The first-order valence-electron chi connectivity index (χ1n) is 9.93. The molecule has 1 N–H and O–H groups in total. The van der Waals surface area contributed by atoms with Gasteiger partial charge in [-0.1, -0.05) is 12.1 Å². The summed E-state index contributed by atoms with van der Waals surface area (Å²) in [6.45, 7) is 8.63. The summed E-state index contributed by atoms with van der Waals surface area (Å²) < 4.78 is 9.95. The SMILES string of the molecule is Cc1nn(Cn2ccc(C(=O)Nc3cccc(CN4CCOCC4)c3)n2)c(C)c1Br. The minimum Gasteiger partial charge on any atom is -0.379 e. The van der Waals surface area contributed by atoms with Crippen molar-refractivity contribution in [3.05, 3.63) is 63.6 Å². The van der Waals surface area contributed by atoms with E-state index in [1.165, 1.54) is 0 Å². The quantitative estimate of drug-likeness (QED) is 0.596. The van der Waals surface area contributed by atoms with Crippen molar-refractivity contribution in [2.45, 2.75) is 27.1 Å². The van der Waals surface area contributed by atoms with E-state index in [0.29, 0.717) is 12.4 Å². The van der Waals surface area contributed by atoms with E-state index in [9.17, 15) is 4.79 Å². The number of morpholine rings is 1. The van der Waals surface area contributed by atoms with Crippen molar-refractivity contribution in [1.29, 1.82) is 0 Å². The van der Waals surface area contributed by atoms with E-state index in [-0.39, 0.29) is 5.91 Å². The lowest BCUT2D eigenvalue weighted by Crippen LogP contribution is -2.35. The van der Waals surface area contributed by atoms with Crippen LogP contribution in [0.3, 0.4) is 0 Å². The monoisotopic (exact) mass is 472 g/mol. The standard InChI is InChI=1S/C21H25BrN6O2/c1-15-20(22)16(2)28(24-15)14-27-7-6-19(25-27)21(29)23-18-5-3-4-17(12-18)13-26-8-10-30-11-9-26/h3-7,12H,8-11,13-14H2,1-2H3,(H,23,29). The van der Waals surface area contributed by atoms with Gasteiger partial charge >= 0.3 is 0 Å². The van der Waals surface area contributed by atoms with Crippen LogP contribution in [0.4, 0.5) is 5.69 Å². The summed E-state index contributed by atoms with van der Waals surface area (Å²) in [5, 5.41) is 11.8. The fourth-order valence-corrected chi connectivity index (χ4v) is 3.76. The highest BCUT2D eigenvalue weighted by atomic mass is 79.9. The van der Waals surface area contributed by atoms with Crippen LogP contribution >= 0.6 is 15.9 Å². The first-order valence-corrected chi connectivity index (χ1v) is 10.7. The number of benzene rings is 1. The number of anilines is 1. The molecule has 3 heterocycles. The van der Waals surface area contributed by atoms with E-state index in [4.69, 9.17) is 4.74 Å². The Morgan fingerprint density at radius 3 is 2.73 bits per heavy atom. The molecule has 0 aliphatic carbocycles. The number of aryl methyl sites for hydroxylation is 1. The third kappa shape index (κ3) is 4.80. The second kappa shape index (κ2) is 9.11. The molecule has 1 fully saturated rings. The number of hydrogen-bond donors (Lipinski definition) is 1. The molecule has 1 aliphatic rings. The highest BCUT2D eigenvalue weighted by Gasteiger charge is 2.14. The Morgan fingerprint density at radius 1 is 1.20 bits per heavy atom. The van der Waals surface area contributed by atoms with Crippen molar-refractivity contribution in [3.8, 4) is 0 Å². The Kier molecular flexibility index (Phi) is 6.31. The molecule has 158 valence electrons. The summed E-state index contributed by atoms with van der Waals surface area (Å²) in [5.41, 5.74) is 4.24. The van der Waals surface area contributed by atoms with Crippen molar-refractivity contribution >= 4 is 27.5 Å². The smallest absolute Gasteiger partial charge is 0.276 e. The number of halogens is 1. The first kappa shape index (κ1) is 20.8. The van der Waals surface area contributed by atoms with Gasteiger partial charge in [-0.05, 0) is 53.5 Å². The van der Waals surface area contributed by atoms with Crippen molar-refractivity contribution in [2.75, 3.05) is 31.6 Å².